The van der Waals surface area contributed by atoms with E-state index in [2.05, 4.69) is 10.4 Å². The van der Waals surface area contributed by atoms with Crippen LogP contribution < -0.4 is 10.1 Å². The molecule has 1 aliphatic heterocycles. The van der Waals surface area contributed by atoms with E-state index in [0.29, 0.717) is 16.0 Å². The number of aromatic nitrogens is 2. The van der Waals surface area contributed by atoms with Gasteiger partial charge in [-0.25, -0.2) is 9.48 Å². The second-order valence-corrected chi connectivity index (χ2v) is 5.42. The third kappa shape index (κ3) is 2.77. The quantitative estimate of drug-likeness (QED) is 0.896. The minimum absolute atomic E-state index is 0.149. The van der Waals surface area contributed by atoms with Crippen molar-refractivity contribution in [1.29, 1.82) is 0 Å². The fraction of sp³-hybridized carbons (Fsp3) is 0.333. The average Bonchev–Trinajstić information content (AvgIpc) is 2.97. The maximum Gasteiger partial charge on any atom is 0.410 e. The van der Waals surface area contributed by atoms with Crippen molar-refractivity contribution >= 4 is 11.8 Å². The van der Waals surface area contributed by atoms with Crippen LogP contribution in [0.2, 0.25) is 0 Å². The molecule has 0 amide bonds. The largest absolute Gasteiger partial charge is 0.497 e. The Morgan fingerprint density at radius 1 is 1.46 bits per heavy atom. The lowest BCUT2D eigenvalue weighted by atomic mass is 9.96. The zero-order valence-electron chi connectivity index (χ0n) is 12.5. The van der Waals surface area contributed by atoms with Crippen molar-refractivity contribution in [1.82, 2.24) is 9.78 Å². The molecule has 3 rings (SSSR count). The number of carboxylic acids is 1. The molecule has 0 bridgehead atoms. The van der Waals surface area contributed by atoms with Crippen LogP contribution in [0, 0.1) is 0 Å². The predicted octanol–water partition coefficient (Wildman–Crippen LogP) is 3.25. The van der Waals surface area contributed by atoms with Crippen molar-refractivity contribution in [2.75, 3.05) is 12.4 Å². The molecule has 1 aliphatic rings. The molecule has 24 heavy (non-hydrogen) atoms. The van der Waals surface area contributed by atoms with Gasteiger partial charge in [-0.15, -0.1) is 0 Å². The number of hydrogen-bond donors (Lipinski definition) is 2. The zero-order chi connectivity index (χ0) is 17.5. The molecule has 0 fully saturated rings. The van der Waals surface area contributed by atoms with Crippen molar-refractivity contribution < 1.29 is 27.8 Å². The zero-order valence-corrected chi connectivity index (χ0v) is 12.5. The Labute approximate surface area is 134 Å². The number of carbonyl (C=O) groups is 1. The van der Waals surface area contributed by atoms with Gasteiger partial charge in [0, 0.05) is 6.42 Å². The first-order valence-corrected chi connectivity index (χ1v) is 7.09. The predicted molar refractivity (Wildman–Crippen MR) is 78.3 cm³/mol. The summed E-state index contributed by atoms with van der Waals surface area (Å²) in [5, 5.41) is 15.6. The maximum absolute atomic E-state index is 13.4. The summed E-state index contributed by atoms with van der Waals surface area (Å²) in [5.74, 6) is -0.977. The van der Waals surface area contributed by atoms with Crippen LogP contribution in [0.25, 0.3) is 0 Å². The number of aromatic carboxylic acids is 1. The third-order valence-electron chi connectivity index (χ3n) is 3.97. The highest BCUT2D eigenvalue weighted by Crippen LogP contribution is 2.44. The van der Waals surface area contributed by atoms with Gasteiger partial charge < -0.3 is 15.2 Å². The topological polar surface area (TPSA) is 76.4 Å². The molecule has 128 valence electrons. The minimum atomic E-state index is -4.55. The monoisotopic (exact) mass is 341 g/mol. The number of carboxylic acid groups (broad SMARTS) is 1. The number of anilines is 1. The molecule has 2 atom stereocenters. The van der Waals surface area contributed by atoms with Crippen molar-refractivity contribution in [3.05, 3.63) is 41.6 Å². The molecule has 0 aliphatic carbocycles. The Balaban J connectivity index is 2.05. The van der Waals surface area contributed by atoms with Crippen molar-refractivity contribution in [2.24, 2.45) is 0 Å². The standard InChI is InChI=1S/C15H14F3N3O3/c1-24-9-4-2-3-8(5-9)11-6-12(15(16,17)18)21-13(20-11)10(7-19-21)14(22)23/h2-5,7,11-12,20H,6H2,1H3,(H,22,23)/t11-,12-/m0/s1. The Morgan fingerprint density at radius 2 is 2.21 bits per heavy atom. The number of nitrogens with zero attached hydrogens (tertiary/aromatic N) is 2. The fourth-order valence-corrected chi connectivity index (χ4v) is 2.80. The van der Waals surface area contributed by atoms with E-state index in [9.17, 15) is 18.0 Å². The lowest BCUT2D eigenvalue weighted by Gasteiger charge is -2.33. The van der Waals surface area contributed by atoms with Crippen LogP contribution in [0.15, 0.2) is 30.5 Å². The van der Waals surface area contributed by atoms with Gasteiger partial charge in [-0.05, 0) is 17.7 Å². The molecule has 2 heterocycles. The number of halogens is 3. The number of hydrogen-bond acceptors (Lipinski definition) is 4. The Bertz CT molecular complexity index is 773. The molecular weight excluding hydrogens is 327 g/mol. The highest BCUT2D eigenvalue weighted by atomic mass is 19.4. The van der Waals surface area contributed by atoms with E-state index in [1.54, 1.807) is 24.3 Å². The molecular formula is C15H14F3N3O3. The molecule has 0 radical (unpaired) electrons. The summed E-state index contributed by atoms with van der Waals surface area (Å²) in [6.07, 6.45) is -3.92. The van der Waals surface area contributed by atoms with Crippen LogP contribution in [0.1, 0.15) is 34.4 Å². The van der Waals surface area contributed by atoms with Crippen molar-refractivity contribution in [3.63, 3.8) is 0 Å². The Morgan fingerprint density at radius 3 is 2.83 bits per heavy atom. The first kappa shape index (κ1) is 16.2. The fourth-order valence-electron chi connectivity index (χ4n) is 2.80. The summed E-state index contributed by atoms with van der Waals surface area (Å²) >= 11 is 0. The van der Waals surface area contributed by atoms with Gasteiger partial charge in [0.15, 0.2) is 6.04 Å². The summed E-state index contributed by atoms with van der Waals surface area (Å²) < 4.78 is 46.0. The van der Waals surface area contributed by atoms with E-state index in [0.717, 1.165) is 6.20 Å². The number of nitrogens with one attached hydrogen (secondary N) is 1. The lowest BCUT2D eigenvalue weighted by Crippen LogP contribution is -2.36. The highest BCUT2D eigenvalue weighted by Gasteiger charge is 2.47. The molecule has 2 N–H and O–H groups in total. The van der Waals surface area contributed by atoms with E-state index >= 15 is 0 Å². The van der Waals surface area contributed by atoms with Gasteiger partial charge in [-0.2, -0.15) is 18.3 Å². The van der Waals surface area contributed by atoms with Crippen LogP contribution >= 0.6 is 0 Å². The molecule has 0 unspecified atom stereocenters. The first-order chi connectivity index (χ1) is 11.3. The van der Waals surface area contributed by atoms with E-state index in [4.69, 9.17) is 9.84 Å². The van der Waals surface area contributed by atoms with E-state index in [-0.39, 0.29) is 17.8 Å². The SMILES string of the molecule is COc1cccc([C@@H]2C[C@@H](C(F)(F)F)n3ncc(C(=O)O)c3N2)c1. The van der Waals surface area contributed by atoms with Gasteiger partial charge in [0.05, 0.1) is 19.3 Å². The van der Waals surface area contributed by atoms with Crippen molar-refractivity contribution in [2.45, 2.75) is 24.7 Å². The van der Waals surface area contributed by atoms with Crippen LogP contribution in [0.5, 0.6) is 5.75 Å². The first-order valence-electron chi connectivity index (χ1n) is 7.09. The number of ether oxygens (including phenoxy) is 1. The summed E-state index contributed by atoms with van der Waals surface area (Å²) in [4.78, 5) is 11.2. The number of alkyl halides is 3. The molecule has 1 aromatic heterocycles. The van der Waals surface area contributed by atoms with Crippen LogP contribution in [-0.2, 0) is 0 Å². The molecule has 0 saturated heterocycles. The average molecular weight is 341 g/mol. The molecule has 6 nitrogen and oxygen atoms in total. The van der Waals surface area contributed by atoms with Gasteiger partial charge >= 0.3 is 12.1 Å². The summed E-state index contributed by atoms with van der Waals surface area (Å²) in [6, 6.07) is 4.02. The van der Waals surface area contributed by atoms with E-state index in [1.165, 1.54) is 7.11 Å². The number of fused-ring (bicyclic) bond motifs is 1. The van der Waals surface area contributed by atoms with Gasteiger partial charge in [-0.1, -0.05) is 12.1 Å². The van der Waals surface area contributed by atoms with E-state index in [1.807, 2.05) is 0 Å². The van der Waals surface area contributed by atoms with Crippen LogP contribution in [0.4, 0.5) is 19.0 Å². The lowest BCUT2D eigenvalue weighted by molar-refractivity contribution is -0.173. The molecule has 2 aromatic rings. The maximum atomic E-state index is 13.4. The molecule has 0 saturated carbocycles. The highest BCUT2D eigenvalue weighted by molar-refractivity contribution is 5.93. The Kier molecular flexibility index (Phi) is 3.86. The minimum Gasteiger partial charge on any atom is -0.497 e. The van der Waals surface area contributed by atoms with Crippen molar-refractivity contribution in [3.8, 4) is 5.75 Å². The Hall–Kier alpha value is -2.71. The number of rotatable bonds is 3. The van der Waals surface area contributed by atoms with Gasteiger partial charge in [-0.3, -0.25) is 0 Å². The third-order valence-corrected chi connectivity index (χ3v) is 3.97. The van der Waals surface area contributed by atoms with Gasteiger partial charge in [0.1, 0.15) is 17.1 Å². The molecule has 9 heteroatoms. The number of methoxy groups -OCH3 is 1. The summed E-state index contributed by atoms with van der Waals surface area (Å²) in [5.41, 5.74) is 0.282. The molecule has 1 aromatic carbocycles. The van der Waals surface area contributed by atoms with Crippen LogP contribution in [0.3, 0.4) is 0 Å². The van der Waals surface area contributed by atoms with E-state index < -0.39 is 24.2 Å². The second-order valence-electron chi connectivity index (χ2n) is 5.42. The summed E-state index contributed by atoms with van der Waals surface area (Å²) in [6.45, 7) is 0. The van der Waals surface area contributed by atoms with Gasteiger partial charge in [0.2, 0.25) is 0 Å². The second kappa shape index (κ2) is 5.73. The smallest absolute Gasteiger partial charge is 0.410 e. The van der Waals surface area contributed by atoms with Crippen LogP contribution in [-0.4, -0.2) is 34.1 Å². The normalized spacial score (nSPS) is 20.2. The number of benzene rings is 1. The molecule has 0 spiro atoms. The summed E-state index contributed by atoms with van der Waals surface area (Å²) in [7, 11) is 1.46. The van der Waals surface area contributed by atoms with Gasteiger partial charge in [0.25, 0.3) is 0 Å².